The molecule has 0 aliphatic carbocycles. The lowest BCUT2D eigenvalue weighted by atomic mass is 10.2. The number of benzene rings is 1. The van der Waals surface area contributed by atoms with Crippen molar-refractivity contribution in [2.75, 3.05) is 5.75 Å². The standard InChI is InChI=1S/C10H13BrS/c1-3-12-8(2)9-6-4-5-7-10(9)11/h4-8H,3H2,1-2H3. The highest BCUT2D eigenvalue weighted by Crippen LogP contribution is 2.32. The van der Waals surface area contributed by atoms with Gasteiger partial charge in [-0.2, -0.15) is 11.8 Å². The first kappa shape index (κ1) is 10.1. The molecule has 0 N–H and O–H groups in total. The van der Waals surface area contributed by atoms with E-state index in [-0.39, 0.29) is 0 Å². The van der Waals surface area contributed by atoms with Gasteiger partial charge in [-0.05, 0) is 24.3 Å². The molecule has 0 aromatic heterocycles. The van der Waals surface area contributed by atoms with E-state index in [1.165, 1.54) is 15.8 Å². The van der Waals surface area contributed by atoms with Gasteiger partial charge < -0.3 is 0 Å². The molecule has 2 heteroatoms. The molecule has 12 heavy (non-hydrogen) atoms. The van der Waals surface area contributed by atoms with Crippen molar-refractivity contribution in [1.29, 1.82) is 0 Å². The Bertz CT molecular complexity index is 247. The van der Waals surface area contributed by atoms with Crippen molar-refractivity contribution >= 4 is 27.7 Å². The summed E-state index contributed by atoms with van der Waals surface area (Å²) in [6, 6.07) is 8.42. The van der Waals surface area contributed by atoms with Crippen molar-refractivity contribution in [2.24, 2.45) is 0 Å². The molecule has 1 atom stereocenters. The summed E-state index contributed by atoms with van der Waals surface area (Å²) in [6.07, 6.45) is 0. The first-order valence-corrected chi connectivity index (χ1v) is 5.96. The summed E-state index contributed by atoms with van der Waals surface area (Å²) < 4.78 is 1.22. The first-order valence-electron chi connectivity index (χ1n) is 4.11. The third-order valence-electron chi connectivity index (χ3n) is 1.76. The van der Waals surface area contributed by atoms with Crippen molar-refractivity contribution in [2.45, 2.75) is 19.1 Å². The molecule has 0 aliphatic rings. The fourth-order valence-corrected chi connectivity index (χ4v) is 2.81. The average Bonchev–Trinajstić information content (AvgIpc) is 2.05. The second-order valence-corrected chi connectivity index (χ2v) is 5.09. The topological polar surface area (TPSA) is 0 Å². The Hall–Kier alpha value is 0.0500. The van der Waals surface area contributed by atoms with Gasteiger partial charge in [-0.25, -0.2) is 0 Å². The van der Waals surface area contributed by atoms with E-state index in [9.17, 15) is 0 Å². The minimum atomic E-state index is 0.588. The molecule has 0 saturated heterocycles. The van der Waals surface area contributed by atoms with Crippen molar-refractivity contribution < 1.29 is 0 Å². The van der Waals surface area contributed by atoms with E-state index in [1.807, 2.05) is 11.8 Å². The Morgan fingerprint density at radius 3 is 2.67 bits per heavy atom. The van der Waals surface area contributed by atoms with Gasteiger partial charge in [0.15, 0.2) is 0 Å². The maximum atomic E-state index is 3.55. The van der Waals surface area contributed by atoms with Crippen LogP contribution < -0.4 is 0 Å². The molecule has 0 spiro atoms. The van der Waals surface area contributed by atoms with Gasteiger partial charge in [0.25, 0.3) is 0 Å². The summed E-state index contributed by atoms with van der Waals surface area (Å²) in [5, 5.41) is 0.588. The molecule has 0 heterocycles. The Morgan fingerprint density at radius 1 is 1.42 bits per heavy atom. The van der Waals surface area contributed by atoms with Gasteiger partial charge in [0.2, 0.25) is 0 Å². The minimum Gasteiger partial charge on any atom is -0.154 e. The molecule has 1 unspecified atom stereocenters. The van der Waals surface area contributed by atoms with Gasteiger partial charge in [-0.15, -0.1) is 0 Å². The van der Waals surface area contributed by atoms with Crippen LogP contribution in [0.2, 0.25) is 0 Å². The van der Waals surface area contributed by atoms with E-state index in [1.54, 1.807) is 0 Å². The molecule has 0 amide bonds. The maximum absolute atomic E-state index is 3.55. The number of rotatable bonds is 3. The summed E-state index contributed by atoms with van der Waals surface area (Å²) >= 11 is 5.52. The molecule has 1 aromatic carbocycles. The molecule has 1 rings (SSSR count). The van der Waals surface area contributed by atoms with Crippen LogP contribution in [0.4, 0.5) is 0 Å². The van der Waals surface area contributed by atoms with E-state index >= 15 is 0 Å². The van der Waals surface area contributed by atoms with Crippen LogP contribution in [-0.2, 0) is 0 Å². The summed E-state index contributed by atoms with van der Waals surface area (Å²) in [7, 11) is 0. The van der Waals surface area contributed by atoms with E-state index in [2.05, 4.69) is 54.0 Å². The zero-order valence-corrected chi connectivity index (χ0v) is 9.78. The predicted octanol–water partition coefficient (Wildman–Crippen LogP) is 4.26. The van der Waals surface area contributed by atoms with Gasteiger partial charge >= 0.3 is 0 Å². The third kappa shape index (κ3) is 2.53. The zero-order chi connectivity index (χ0) is 8.97. The second-order valence-electron chi connectivity index (χ2n) is 2.62. The van der Waals surface area contributed by atoms with Crippen molar-refractivity contribution in [3.63, 3.8) is 0 Å². The number of hydrogen-bond donors (Lipinski definition) is 0. The number of hydrogen-bond acceptors (Lipinski definition) is 1. The van der Waals surface area contributed by atoms with E-state index < -0.39 is 0 Å². The number of thioether (sulfide) groups is 1. The van der Waals surface area contributed by atoms with Crippen LogP contribution in [0.5, 0.6) is 0 Å². The van der Waals surface area contributed by atoms with Gasteiger partial charge in [-0.3, -0.25) is 0 Å². The van der Waals surface area contributed by atoms with E-state index in [0.717, 1.165) is 0 Å². The Morgan fingerprint density at radius 2 is 2.08 bits per heavy atom. The van der Waals surface area contributed by atoms with E-state index in [0.29, 0.717) is 5.25 Å². The summed E-state index contributed by atoms with van der Waals surface area (Å²) in [5.41, 5.74) is 1.39. The highest BCUT2D eigenvalue weighted by atomic mass is 79.9. The maximum Gasteiger partial charge on any atom is 0.0280 e. The molecular formula is C10H13BrS. The lowest BCUT2D eigenvalue weighted by molar-refractivity contribution is 1.09. The average molecular weight is 245 g/mol. The van der Waals surface area contributed by atoms with Crippen LogP contribution in [0, 0.1) is 0 Å². The quantitative estimate of drug-likeness (QED) is 0.766. The van der Waals surface area contributed by atoms with Crippen molar-refractivity contribution in [1.82, 2.24) is 0 Å². The third-order valence-corrected chi connectivity index (χ3v) is 3.57. The number of halogens is 1. The van der Waals surface area contributed by atoms with Gasteiger partial charge in [0.1, 0.15) is 0 Å². The molecular weight excluding hydrogens is 232 g/mol. The summed E-state index contributed by atoms with van der Waals surface area (Å²) in [4.78, 5) is 0. The van der Waals surface area contributed by atoms with Crippen LogP contribution in [-0.4, -0.2) is 5.75 Å². The fourth-order valence-electron chi connectivity index (χ4n) is 1.14. The lowest BCUT2D eigenvalue weighted by Gasteiger charge is -2.11. The fraction of sp³-hybridized carbons (Fsp3) is 0.400. The van der Waals surface area contributed by atoms with Crippen LogP contribution in [0.1, 0.15) is 24.7 Å². The second kappa shape index (κ2) is 4.93. The zero-order valence-electron chi connectivity index (χ0n) is 7.38. The molecule has 0 aliphatic heterocycles. The molecule has 1 aromatic rings. The van der Waals surface area contributed by atoms with Crippen LogP contribution >= 0.6 is 27.7 Å². The van der Waals surface area contributed by atoms with Crippen LogP contribution in [0.15, 0.2) is 28.7 Å². The first-order chi connectivity index (χ1) is 5.75. The van der Waals surface area contributed by atoms with Gasteiger partial charge in [0.05, 0.1) is 0 Å². The molecule has 0 fully saturated rings. The predicted molar refractivity (Wildman–Crippen MR) is 60.7 cm³/mol. The van der Waals surface area contributed by atoms with Crippen molar-refractivity contribution in [3.8, 4) is 0 Å². The van der Waals surface area contributed by atoms with E-state index in [4.69, 9.17) is 0 Å². The van der Waals surface area contributed by atoms with Gasteiger partial charge in [0, 0.05) is 9.72 Å². The Kier molecular flexibility index (Phi) is 4.16. The lowest BCUT2D eigenvalue weighted by Crippen LogP contribution is -1.89. The molecule has 0 radical (unpaired) electrons. The van der Waals surface area contributed by atoms with Gasteiger partial charge in [-0.1, -0.05) is 41.1 Å². The summed E-state index contributed by atoms with van der Waals surface area (Å²) in [6.45, 7) is 4.44. The SMILES string of the molecule is CCSC(C)c1ccccc1Br. The molecule has 0 nitrogen and oxygen atoms in total. The molecule has 66 valence electrons. The molecule has 0 bridgehead atoms. The largest absolute Gasteiger partial charge is 0.154 e. The molecule has 0 saturated carbocycles. The minimum absolute atomic E-state index is 0.588. The highest BCUT2D eigenvalue weighted by molar-refractivity contribution is 9.10. The smallest absolute Gasteiger partial charge is 0.0280 e. The normalized spacial score (nSPS) is 12.9. The summed E-state index contributed by atoms with van der Waals surface area (Å²) in [5.74, 6) is 1.17. The van der Waals surface area contributed by atoms with Crippen LogP contribution in [0.3, 0.4) is 0 Å². The monoisotopic (exact) mass is 244 g/mol. The Balaban J connectivity index is 2.79. The highest BCUT2D eigenvalue weighted by Gasteiger charge is 2.06. The Labute approximate surface area is 86.9 Å². The van der Waals surface area contributed by atoms with Crippen LogP contribution in [0.25, 0.3) is 0 Å². The van der Waals surface area contributed by atoms with Crippen molar-refractivity contribution in [3.05, 3.63) is 34.3 Å².